The average Bonchev–Trinajstić information content (AvgIpc) is 3.55. The van der Waals surface area contributed by atoms with E-state index in [0.29, 0.717) is 34.7 Å². The molecule has 2 heterocycles. The van der Waals surface area contributed by atoms with Gasteiger partial charge in [0.25, 0.3) is 5.91 Å². The minimum atomic E-state index is -0.423. The molecule has 7 heteroatoms. The molecule has 0 unspecified atom stereocenters. The van der Waals surface area contributed by atoms with Gasteiger partial charge in [-0.05, 0) is 57.3 Å². The fourth-order valence-electron chi connectivity index (χ4n) is 3.91. The number of carbonyl (C=O) groups excluding carboxylic acids is 1. The van der Waals surface area contributed by atoms with Crippen molar-refractivity contribution >= 4 is 22.5 Å². The summed E-state index contributed by atoms with van der Waals surface area (Å²) in [5.74, 6) is 0.0767. The standard InChI is InChI=1S/C22H29FN4O2/c1-3-27-8-6-14(7-9-27)13-29-20-10-16-19(11-18(20)23)25-12-17(21(16)24-2)22(28)26-15-4-5-15/h10-12,14-15H,3-9,13H2,1-2H3,(H,24,25)(H,26,28). The molecule has 1 aliphatic carbocycles. The first kappa shape index (κ1) is 19.9. The Bertz CT molecular complexity index is 892. The summed E-state index contributed by atoms with van der Waals surface area (Å²) in [5, 5.41) is 6.76. The molecule has 1 aromatic heterocycles. The van der Waals surface area contributed by atoms with Crippen molar-refractivity contribution in [2.24, 2.45) is 5.92 Å². The van der Waals surface area contributed by atoms with Gasteiger partial charge in [-0.2, -0.15) is 0 Å². The molecule has 1 aliphatic heterocycles. The minimum absolute atomic E-state index is 0.152. The second-order valence-electron chi connectivity index (χ2n) is 8.03. The maximum atomic E-state index is 14.6. The molecule has 6 nitrogen and oxygen atoms in total. The molecule has 2 aromatic rings. The third-order valence-electron chi connectivity index (χ3n) is 5.96. The van der Waals surface area contributed by atoms with E-state index in [0.717, 1.165) is 45.3 Å². The number of hydrogen-bond acceptors (Lipinski definition) is 5. The SMILES string of the molecule is CCN1CCC(COc2cc3c(NC)c(C(=O)NC4CC4)cnc3cc2F)CC1. The Kier molecular flexibility index (Phi) is 5.85. The van der Waals surface area contributed by atoms with Crippen LogP contribution in [-0.4, -0.2) is 55.1 Å². The molecule has 0 bridgehead atoms. The van der Waals surface area contributed by atoms with E-state index in [4.69, 9.17) is 4.74 Å². The molecule has 29 heavy (non-hydrogen) atoms. The summed E-state index contributed by atoms with van der Waals surface area (Å²) < 4.78 is 20.5. The van der Waals surface area contributed by atoms with E-state index in [1.165, 1.54) is 12.3 Å². The van der Waals surface area contributed by atoms with Crippen LogP contribution in [0, 0.1) is 11.7 Å². The first-order chi connectivity index (χ1) is 14.1. The number of nitrogens with one attached hydrogen (secondary N) is 2. The van der Waals surface area contributed by atoms with Crippen LogP contribution < -0.4 is 15.4 Å². The van der Waals surface area contributed by atoms with Crippen LogP contribution in [0.2, 0.25) is 0 Å². The third-order valence-corrected chi connectivity index (χ3v) is 5.96. The number of halogens is 1. The van der Waals surface area contributed by atoms with Gasteiger partial charge in [0.15, 0.2) is 11.6 Å². The molecule has 4 rings (SSSR count). The van der Waals surface area contributed by atoms with Crippen molar-refractivity contribution in [1.82, 2.24) is 15.2 Å². The van der Waals surface area contributed by atoms with Gasteiger partial charge in [-0.15, -0.1) is 0 Å². The number of pyridine rings is 1. The quantitative estimate of drug-likeness (QED) is 0.746. The predicted octanol–water partition coefficient (Wildman–Crippen LogP) is 3.42. The molecular formula is C22H29FN4O2. The highest BCUT2D eigenvalue weighted by Crippen LogP contribution is 2.32. The summed E-state index contributed by atoms with van der Waals surface area (Å²) in [7, 11) is 1.76. The number of rotatable bonds is 7. The topological polar surface area (TPSA) is 66.5 Å². The third kappa shape index (κ3) is 4.45. The molecule has 2 N–H and O–H groups in total. The fraction of sp³-hybridized carbons (Fsp3) is 0.545. The number of nitrogens with zero attached hydrogens (tertiary/aromatic N) is 2. The summed E-state index contributed by atoms with van der Waals surface area (Å²) in [6.07, 6.45) is 5.67. The van der Waals surface area contributed by atoms with Gasteiger partial charge in [0.1, 0.15) is 0 Å². The van der Waals surface area contributed by atoms with Crippen molar-refractivity contribution in [2.45, 2.75) is 38.6 Å². The molecule has 0 spiro atoms. The van der Waals surface area contributed by atoms with E-state index in [9.17, 15) is 9.18 Å². The first-order valence-corrected chi connectivity index (χ1v) is 10.5. The molecule has 156 valence electrons. The zero-order chi connectivity index (χ0) is 20.4. The number of ether oxygens (including phenoxy) is 1. The highest BCUT2D eigenvalue weighted by Gasteiger charge is 2.26. The lowest BCUT2D eigenvalue weighted by Crippen LogP contribution is -2.35. The Balaban J connectivity index is 1.54. The van der Waals surface area contributed by atoms with E-state index in [-0.39, 0.29) is 17.7 Å². The van der Waals surface area contributed by atoms with Crippen LogP contribution in [0.5, 0.6) is 5.75 Å². The number of hydrogen-bond donors (Lipinski definition) is 2. The van der Waals surface area contributed by atoms with Gasteiger partial charge in [-0.25, -0.2) is 4.39 Å². The number of carbonyl (C=O) groups is 1. The van der Waals surface area contributed by atoms with Gasteiger partial charge in [0.05, 0.1) is 23.4 Å². The molecule has 2 fully saturated rings. The Morgan fingerprint density at radius 1 is 1.28 bits per heavy atom. The monoisotopic (exact) mass is 400 g/mol. The number of likely N-dealkylation sites (tertiary alicyclic amines) is 1. The number of fused-ring (bicyclic) bond motifs is 1. The van der Waals surface area contributed by atoms with Gasteiger partial charge >= 0.3 is 0 Å². The predicted molar refractivity (Wildman–Crippen MR) is 112 cm³/mol. The average molecular weight is 400 g/mol. The highest BCUT2D eigenvalue weighted by molar-refractivity contribution is 6.07. The van der Waals surface area contributed by atoms with E-state index < -0.39 is 5.82 Å². The van der Waals surface area contributed by atoms with Crippen LogP contribution in [0.15, 0.2) is 18.3 Å². The number of piperidine rings is 1. The van der Waals surface area contributed by atoms with Gasteiger partial charge in [-0.3, -0.25) is 9.78 Å². The Morgan fingerprint density at radius 2 is 2.03 bits per heavy atom. The second-order valence-corrected chi connectivity index (χ2v) is 8.03. The highest BCUT2D eigenvalue weighted by atomic mass is 19.1. The van der Waals surface area contributed by atoms with Gasteiger partial charge in [0, 0.05) is 30.7 Å². The lowest BCUT2D eigenvalue weighted by Gasteiger charge is -2.30. The van der Waals surface area contributed by atoms with Crippen molar-refractivity contribution in [1.29, 1.82) is 0 Å². The van der Waals surface area contributed by atoms with Gasteiger partial charge < -0.3 is 20.3 Å². The summed E-state index contributed by atoms with van der Waals surface area (Å²) in [4.78, 5) is 19.3. The Morgan fingerprint density at radius 3 is 2.69 bits per heavy atom. The summed E-state index contributed by atoms with van der Waals surface area (Å²) >= 11 is 0. The molecule has 1 saturated heterocycles. The number of aromatic nitrogens is 1. The van der Waals surface area contributed by atoms with Crippen LogP contribution in [0.25, 0.3) is 10.9 Å². The molecule has 2 aliphatic rings. The van der Waals surface area contributed by atoms with Crippen molar-refractivity contribution in [2.75, 3.05) is 38.6 Å². The summed E-state index contributed by atoms with van der Waals surface area (Å²) in [6, 6.07) is 3.31. The minimum Gasteiger partial charge on any atom is -0.490 e. The normalized spacial score (nSPS) is 18.0. The number of amides is 1. The van der Waals surface area contributed by atoms with Crippen molar-refractivity contribution < 1.29 is 13.9 Å². The summed E-state index contributed by atoms with van der Waals surface area (Å²) in [5.41, 5.74) is 1.61. The number of anilines is 1. The van der Waals surface area contributed by atoms with Crippen molar-refractivity contribution in [3.63, 3.8) is 0 Å². The summed E-state index contributed by atoms with van der Waals surface area (Å²) in [6.45, 7) is 5.89. The Hall–Kier alpha value is -2.41. The fourth-order valence-corrected chi connectivity index (χ4v) is 3.91. The largest absolute Gasteiger partial charge is 0.490 e. The van der Waals surface area contributed by atoms with Crippen molar-refractivity contribution in [3.05, 3.63) is 29.7 Å². The molecule has 0 radical (unpaired) electrons. The van der Waals surface area contributed by atoms with Crippen molar-refractivity contribution in [3.8, 4) is 5.75 Å². The van der Waals surface area contributed by atoms with E-state index in [1.54, 1.807) is 13.1 Å². The van der Waals surface area contributed by atoms with E-state index in [2.05, 4.69) is 27.4 Å². The maximum absolute atomic E-state index is 14.6. The molecule has 0 atom stereocenters. The van der Waals surface area contributed by atoms with Crippen LogP contribution in [0.3, 0.4) is 0 Å². The van der Waals surface area contributed by atoms with Gasteiger partial charge in [-0.1, -0.05) is 6.92 Å². The Labute approximate surface area is 170 Å². The number of benzene rings is 1. The zero-order valence-electron chi connectivity index (χ0n) is 17.1. The van der Waals surface area contributed by atoms with E-state index in [1.807, 2.05) is 0 Å². The lowest BCUT2D eigenvalue weighted by molar-refractivity contribution is 0.0951. The molecular weight excluding hydrogens is 371 g/mol. The second kappa shape index (κ2) is 8.53. The maximum Gasteiger partial charge on any atom is 0.255 e. The van der Waals surface area contributed by atoms with Crippen LogP contribution in [-0.2, 0) is 0 Å². The first-order valence-electron chi connectivity index (χ1n) is 10.5. The van der Waals surface area contributed by atoms with Gasteiger partial charge in [0.2, 0.25) is 0 Å². The lowest BCUT2D eigenvalue weighted by atomic mass is 9.98. The molecule has 1 saturated carbocycles. The van der Waals surface area contributed by atoms with E-state index >= 15 is 0 Å². The zero-order valence-corrected chi connectivity index (χ0v) is 17.1. The smallest absolute Gasteiger partial charge is 0.255 e. The molecule has 1 amide bonds. The van der Waals surface area contributed by atoms with Crippen LogP contribution >= 0.6 is 0 Å². The molecule has 1 aromatic carbocycles. The van der Waals surface area contributed by atoms with Crippen LogP contribution in [0.4, 0.5) is 10.1 Å². The van der Waals surface area contributed by atoms with Crippen LogP contribution in [0.1, 0.15) is 43.0 Å².